The van der Waals surface area contributed by atoms with Crippen molar-refractivity contribution in [3.05, 3.63) is 35.4 Å². The number of nitrogens with zero attached hydrogens (tertiary/aromatic N) is 1. The van der Waals surface area contributed by atoms with Crippen LogP contribution in [0.25, 0.3) is 0 Å². The van der Waals surface area contributed by atoms with Gasteiger partial charge in [0.1, 0.15) is 0 Å². The standard InChI is InChI=1S/C10H13NO2/c1-8-5-3-4-6-10(8)7-11(13)9(2)12/h3-6,13H,7H2,1-2H3. The number of hydrogen-bond acceptors (Lipinski definition) is 2. The molecule has 0 heterocycles. The summed E-state index contributed by atoms with van der Waals surface area (Å²) in [7, 11) is 0. The smallest absolute Gasteiger partial charge is 0.243 e. The van der Waals surface area contributed by atoms with Crippen LogP contribution in [0.4, 0.5) is 0 Å². The molecule has 0 aromatic heterocycles. The van der Waals surface area contributed by atoms with E-state index in [0.29, 0.717) is 5.06 Å². The van der Waals surface area contributed by atoms with Crippen molar-refractivity contribution in [2.45, 2.75) is 20.4 Å². The van der Waals surface area contributed by atoms with Crippen molar-refractivity contribution in [3.8, 4) is 0 Å². The summed E-state index contributed by atoms with van der Waals surface area (Å²) in [5, 5.41) is 9.90. The summed E-state index contributed by atoms with van der Waals surface area (Å²) < 4.78 is 0. The number of amides is 1. The highest BCUT2D eigenvalue weighted by Crippen LogP contribution is 2.08. The van der Waals surface area contributed by atoms with E-state index in [1.807, 2.05) is 31.2 Å². The molecule has 0 saturated carbocycles. The molecule has 0 fully saturated rings. The van der Waals surface area contributed by atoms with Crippen LogP contribution >= 0.6 is 0 Å². The number of aryl methyl sites for hydroxylation is 1. The Morgan fingerprint density at radius 3 is 2.62 bits per heavy atom. The fourth-order valence-corrected chi connectivity index (χ4v) is 1.06. The van der Waals surface area contributed by atoms with Gasteiger partial charge in [0.15, 0.2) is 0 Å². The Kier molecular flexibility index (Phi) is 3.03. The lowest BCUT2D eigenvalue weighted by Gasteiger charge is -2.13. The van der Waals surface area contributed by atoms with Crippen LogP contribution in [0.1, 0.15) is 18.1 Å². The van der Waals surface area contributed by atoms with Crippen molar-refractivity contribution in [1.82, 2.24) is 5.06 Å². The van der Waals surface area contributed by atoms with Gasteiger partial charge < -0.3 is 0 Å². The van der Waals surface area contributed by atoms with E-state index >= 15 is 0 Å². The zero-order chi connectivity index (χ0) is 9.84. The molecule has 1 N–H and O–H groups in total. The average molecular weight is 179 g/mol. The topological polar surface area (TPSA) is 40.5 Å². The van der Waals surface area contributed by atoms with Crippen molar-refractivity contribution in [2.24, 2.45) is 0 Å². The quantitative estimate of drug-likeness (QED) is 0.555. The van der Waals surface area contributed by atoms with Crippen LogP contribution in [-0.2, 0) is 11.3 Å². The molecule has 0 bridgehead atoms. The van der Waals surface area contributed by atoms with Gasteiger partial charge in [0.25, 0.3) is 0 Å². The lowest BCUT2D eigenvalue weighted by molar-refractivity contribution is -0.165. The van der Waals surface area contributed by atoms with E-state index in [-0.39, 0.29) is 12.5 Å². The van der Waals surface area contributed by atoms with Crippen LogP contribution < -0.4 is 0 Å². The Morgan fingerprint density at radius 1 is 1.46 bits per heavy atom. The molecule has 0 aliphatic carbocycles. The Bertz CT molecular complexity index is 310. The molecule has 0 radical (unpaired) electrons. The van der Waals surface area contributed by atoms with Crippen LogP contribution in [0.5, 0.6) is 0 Å². The highest BCUT2D eigenvalue weighted by Gasteiger charge is 2.06. The van der Waals surface area contributed by atoms with Crippen molar-refractivity contribution < 1.29 is 10.0 Å². The first-order valence-corrected chi connectivity index (χ1v) is 4.12. The molecule has 3 nitrogen and oxygen atoms in total. The van der Waals surface area contributed by atoms with E-state index in [2.05, 4.69) is 0 Å². The van der Waals surface area contributed by atoms with Gasteiger partial charge >= 0.3 is 0 Å². The molecule has 0 unspecified atom stereocenters. The maximum absolute atomic E-state index is 10.7. The van der Waals surface area contributed by atoms with Crippen molar-refractivity contribution in [2.75, 3.05) is 0 Å². The molecular weight excluding hydrogens is 166 g/mol. The Labute approximate surface area is 77.6 Å². The number of carbonyl (C=O) groups excluding carboxylic acids is 1. The second-order valence-electron chi connectivity index (χ2n) is 3.00. The summed E-state index contributed by atoms with van der Waals surface area (Å²) in [6, 6.07) is 7.65. The highest BCUT2D eigenvalue weighted by atomic mass is 16.5. The summed E-state index contributed by atoms with van der Waals surface area (Å²) >= 11 is 0. The van der Waals surface area contributed by atoms with Gasteiger partial charge in [-0.1, -0.05) is 24.3 Å². The Morgan fingerprint density at radius 2 is 2.08 bits per heavy atom. The molecule has 0 atom stereocenters. The maximum atomic E-state index is 10.7. The summed E-state index contributed by atoms with van der Waals surface area (Å²) in [6.45, 7) is 3.53. The number of benzene rings is 1. The minimum Gasteiger partial charge on any atom is -0.286 e. The highest BCUT2D eigenvalue weighted by molar-refractivity contribution is 5.71. The zero-order valence-electron chi connectivity index (χ0n) is 7.82. The third-order valence-corrected chi connectivity index (χ3v) is 1.94. The fourth-order valence-electron chi connectivity index (χ4n) is 1.06. The molecule has 0 aliphatic heterocycles. The van der Waals surface area contributed by atoms with Gasteiger partial charge in [0.05, 0.1) is 6.54 Å². The van der Waals surface area contributed by atoms with Gasteiger partial charge in [0.2, 0.25) is 5.91 Å². The van der Waals surface area contributed by atoms with Crippen molar-refractivity contribution >= 4 is 5.91 Å². The first-order chi connectivity index (χ1) is 6.11. The first kappa shape index (κ1) is 9.74. The molecule has 1 amide bonds. The van der Waals surface area contributed by atoms with Gasteiger partial charge in [0, 0.05) is 6.92 Å². The van der Waals surface area contributed by atoms with Crippen molar-refractivity contribution in [3.63, 3.8) is 0 Å². The maximum Gasteiger partial charge on any atom is 0.243 e. The lowest BCUT2D eigenvalue weighted by Crippen LogP contribution is -2.24. The molecule has 1 aromatic rings. The molecule has 0 saturated heterocycles. The van der Waals surface area contributed by atoms with E-state index in [1.165, 1.54) is 6.92 Å². The van der Waals surface area contributed by atoms with Crippen LogP contribution in [0, 0.1) is 6.92 Å². The number of hydroxylamine groups is 2. The number of rotatable bonds is 2. The lowest BCUT2D eigenvalue weighted by atomic mass is 10.1. The van der Waals surface area contributed by atoms with Crippen LogP contribution in [0.15, 0.2) is 24.3 Å². The second-order valence-corrected chi connectivity index (χ2v) is 3.00. The molecule has 0 spiro atoms. The first-order valence-electron chi connectivity index (χ1n) is 4.12. The Balaban J connectivity index is 2.74. The normalized spacial score (nSPS) is 9.77. The van der Waals surface area contributed by atoms with Crippen molar-refractivity contribution in [1.29, 1.82) is 0 Å². The molecule has 1 rings (SSSR count). The average Bonchev–Trinajstić information content (AvgIpc) is 2.08. The van der Waals surface area contributed by atoms with E-state index in [0.717, 1.165) is 11.1 Å². The third-order valence-electron chi connectivity index (χ3n) is 1.94. The largest absolute Gasteiger partial charge is 0.286 e. The number of carbonyl (C=O) groups is 1. The van der Waals surface area contributed by atoms with E-state index in [1.54, 1.807) is 0 Å². The second kappa shape index (κ2) is 4.05. The van der Waals surface area contributed by atoms with Gasteiger partial charge in [-0.15, -0.1) is 0 Å². The van der Waals surface area contributed by atoms with E-state index in [9.17, 15) is 10.0 Å². The predicted molar refractivity (Wildman–Crippen MR) is 49.2 cm³/mol. The van der Waals surface area contributed by atoms with Crippen LogP contribution in [0.2, 0.25) is 0 Å². The molecule has 3 heteroatoms. The number of hydrogen-bond donors (Lipinski definition) is 1. The minimum atomic E-state index is -0.344. The summed E-state index contributed by atoms with van der Waals surface area (Å²) in [5.41, 5.74) is 2.03. The predicted octanol–water partition coefficient (Wildman–Crippen LogP) is 1.73. The summed E-state index contributed by atoms with van der Waals surface area (Å²) in [4.78, 5) is 10.7. The molecule has 0 aliphatic rings. The van der Waals surface area contributed by atoms with Gasteiger partial charge in [-0.05, 0) is 18.1 Å². The Hall–Kier alpha value is -1.35. The van der Waals surface area contributed by atoms with Gasteiger partial charge in [-0.2, -0.15) is 0 Å². The fraction of sp³-hybridized carbons (Fsp3) is 0.300. The monoisotopic (exact) mass is 179 g/mol. The van der Waals surface area contributed by atoms with E-state index < -0.39 is 0 Å². The SMILES string of the molecule is CC(=O)N(O)Cc1ccccc1C. The zero-order valence-corrected chi connectivity index (χ0v) is 7.82. The molecular formula is C10H13NO2. The molecule has 13 heavy (non-hydrogen) atoms. The summed E-state index contributed by atoms with van der Waals surface area (Å²) in [5.74, 6) is -0.344. The van der Waals surface area contributed by atoms with E-state index in [4.69, 9.17) is 0 Å². The van der Waals surface area contributed by atoms with Gasteiger partial charge in [-0.25, -0.2) is 5.06 Å². The minimum absolute atomic E-state index is 0.252. The van der Waals surface area contributed by atoms with Crippen LogP contribution in [-0.4, -0.2) is 16.2 Å². The van der Waals surface area contributed by atoms with Gasteiger partial charge in [-0.3, -0.25) is 10.0 Å². The molecule has 70 valence electrons. The molecule has 1 aromatic carbocycles. The third kappa shape index (κ3) is 2.56. The summed E-state index contributed by atoms with van der Waals surface area (Å²) in [6.07, 6.45) is 0. The van der Waals surface area contributed by atoms with Crippen LogP contribution in [0.3, 0.4) is 0 Å².